The van der Waals surface area contributed by atoms with E-state index in [1.807, 2.05) is 43.3 Å². The Morgan fingerprint density at radius 2 is 1.96 bits per heavy atom. The zero-order valence-corrected chi connectivity index (χ0v) is 14.3. The second-order valence-corrected chi connectivity index (χ2v) is 6.66. The first-order chi connectivity index (χ1) is 11.7. The summed E-state index contributed by atoms with van der Waals surface area (Å²) in [6.07, 6.45) is 0.980. The molecule has 0 fully saturated rings. The standard InChI is InChI=1S/C19H19NO3S/c1-2-23-18(22)12-14(11-13-7-9-15(21)10-8-13)19-20-16-5-3-4-6-17(16)24-19/h3-10,14,21H,2,11-12H2,1H3. The first kappa shape index (κ1) is 16.5. The van der Waals surface area contributed by atoms with E-state index in [1.165, 1.54) is 0 Å². The van der Waals surface area contributed by atoms with Crippen molar-refractivity contribution in [1.29, 1.82) is 0 Å². The number of para-hydroxylation sites is 1. The van der Waals surface area contributed by atoms with Gasteiger partial charge in [0.15, 0.2) is 0 Å². The Morgan fingerprint density at radius 3 is 2.67 bits per heavy atom. The topological polar surface area (TPSA) is 59.4 Å². The lowest BCUT2D eigenvalue weighted by Gasteiger charge is -2.14. The van der Waals surface area contributed by atoms with Crippen LogP contribution in [0, 0.1) is 0 Å². The number of aromatic nitrogens is 1. The molecule has 124 valence electrons. The lowest BCUT2D eigenvalue weighted by Crippen LogP contribution is -2.12. The summed E-state index contributed by atoms with van der Waals surface area (Å²) in [4.78, 5) is 16.7. The van der Waals surface area contributed by atoms with Gasteiger partial charge in [-0.05, 0) is 43.2 Å². The van der Waals surface area contributed by atoms with Gasteiger partial charge in [0.05, 0.1) is 28.3 Å². The van der Waals surface area contributed by atoms with Crippen molar-refractivity contribution in [1.82, 2.24) is 4.98 Å². The van der Waals surface area contributed by atoms with Crippen molar-refractivity contribution in [3.05, 3.63) is 59.1 Å². The number of hydrogen-bond acceptors (Lipinski definition) is 5. The molecule has 3 rings (SSSR count). The van der Waals surface area contributed by atoms with Crippen LogP contribution < -0.4 is 0 Å². The van der Waals surface area contributed by atoms with E-state index in [-0.39, 0.29) is 17.6 Å². The molecule has 5 heteroatoms. The Balaban J connectivity index is 1.88. The van der Waals surface area contributed by atoms with Gasteiger partial charge in [0.25, 0.3) is 0 Å². The molecule has 1 N–H and O–H groups in total. The first-order valence-electron chi connectivity index (χ1n) is 7.94. The van der Waals surface area contributed by atoms with Crippen molar-refractivity contribution in [2.24, 2.45) is 0 Å². The Hall–Kier alpha value is -2.40. The van der Waals surface area contributed by atoms with Crippen molar-refractivity contribution in [3.63, 3.8) is 0 Å². The van der Waals surface area contributed by atoms with Gasteiger partial charge in [0, 0.05) is 5.92 Å². The van der Waals surface area contributed by atoms with E-state index in [0.29, 0.717) is 19.4 Å². The molecule has 24 heavy (non-hydrogen) atoms. The van der Waals surface area contributed by atoms with E-state index < -0.39 is 0 Å². The predicted molar refractivity (Wildman–Crippen MR) is 95.4 cm³/mol. The fraction of sp³-hybridized carbons (Fsp3) is 0.263. The normalized spacial score (nSPS) is 12.2. The van der Waals surface area contributed by atoms with Crippen LogP contribution in [0.2, 0.25) is 0 Å². The summed E-state index contributed by atoms with van der Waals surface area (Å²) in [5, 5.41) is 10.4. The van der Waals surface area contributed by atoms with E-state index >= 15 is 0 Å². The molecule has 3 aromatic rings. The average molecular weight is 341 g/mol. The molecule has 0 spiro atoms. The number of carbonyl (C=O) groups is 1. The number of thiazole rings is 1. The highest BCUT2D eigenvalue weighted by atomic mass is 32.1. The van der Waals surface area contributed by atoms with Crippen LogP contribution in [0.5, 0.6) is 5.75 Å². The summed E-state index contributed by atoms with van der Waals surface area (Å²) in [5.41, 5.74) is 2.01. The minimum absolute atomic E-state index is 0.0361. The SMILES string of the molecule is CCOC(=O)CC(Cc1ccc(O)cc1)c1nc2ccccc2s1. The monoisotopic (exact) mass is 341 g/mol. The summed E-state index contributed by atoms with van der Waals surface area (Å²) < 4.78 is 6.24. The molecule has 4 nitrogen and oxygen atoms in total. The average Bonchev–Trinajstić information content (AvgIpc) is 3.00. The highest BCUT2D eigenvalue weighted by Gasteiger charge is 2.21. The number of carbonyl (C=O) groups excluding carboxylic acids is 1. The lowest BCUT2D eigenvalue weighted by molar-refractivity contribution is -0.143. The molecular weight excluding hydrogens is 322 g/mol. The van der Waals surface area contributed by atoms with Gasteiger partial charge in [-0.2, -0.15) is 0 Å². The van der Waals surface area contributed by atoms with Crippen LogP contribution in [0.3, 0.4) is 0 Å². The Bertz CT molecular complexity index is 793. The maximum atomic E-state index is 12.0. The fourth-order valence-corrected chi connectivity index (χ4v) is 3.72. The Morgan fingerprint density at radius 1 is 1.21 bits per heavy atom. The number of benzene rings is 2. The summed E-state index contributed by atoms with van der Waals surface area (Å²) in [5.74, 6) is -0.00722. The number of phenols is 1. The number of fused-ring (bicyclic) bond motifs is 1. The number of rotatable bonds is 6. The maximum absolute atomic E-state index is 12.0. The van der Waals surface area contributed by atoms with Crippen LogP contribution in [-0.2, 0) is 16.0 Å². The molecule has 0 amide bonds. The Labute approximate surface area is 144 Å². The van der Waals surface area contributed by atoms with E-state index in [2.05, 4.69) is 0 Å². The lowest BCUT2D eigenvalue weighted by atomic mass is 9.96. The smallest absolute Gasteiger partial charge is 0.306 e. The van der Waals surface area contributed by atoms with Crippen molar-refractivity contribution in [2.75, 3.05) is 6.61 Å². The zero-order chi connectivity index (χ0) is 16.9. The van der Waals surface area contributed by atoms with Crippen LogP contribution in [0.25, 0.3) is 10.2 Å². The molecule has 1 atom stereocenters. The molecule has 0 aliphatic heterocycles. The number of ether oxygens (including phenoxy) is 1. The number of phenolic OH excluding ortho intramolecular Hbond substituents is 1. The summed E-state index contributed by atoms with van der Waals surface area (Å²) in [6.45, 7) is 2.19. The second-order valence-electron chi connectivity index (χ2n) is 5.60. The van der Waals surface area contributed by atoms with Gasteiger partial charge in [0.2, 0.25) is 0 Å². The zero-order valence-electron chi connectivity index (χ0n) is 13.4. The van der Waals surface area contributed by atoms with Gasteiger partial charge in [-0.3, -0.25) is 4.79 Å². The van der Waals surface area contributed by atoms with Gasteiger partial charge in [-0.1, -0.05) is 24.3 Å². The molecule has 0 aliphatic rings. The molecule has 0 radical (unpaired) electrons. The van der Waals surface area contributed by atoms with Crippen LogP contribution in [0.15, 0.2) is 48.5 Å². The minimum atomic E-state index is -0.208. The first-order valence-corrected chi connectivity index (χ1v) is 8.76. The van der Waals surface area contributed by atoms with Gasteiger partial charge in [-0.25, -0.2) is 4.98 Å². The molecule has 0 saturated heterocycles. The largest absolute Gasteiger partial charge is 0.508 e. The van der Waals surface area contributed by atoms with Crippen molar-refractivity contribution in [2.45, 2.75) is 25.7 Å². The third-order valence-electron chi connectivity index (χ3n) is 3.80. The maximum Gasteiger partial charge on any atom is 0.306 e. The summed E-state index contributed by atoms with van der Waals surface area (Å²) in [6, 6.07) is 15.1. The van der Waals surface area contributed by atoms with E-state index in [9.17, 15) is 9.90 Å². The second kappa shape index (κ2) is 7.45. The van der Waals surface area contributed by atoms with E-state index in [4.69, 9.17) is 9.72 Å². The number of nitrogens with zero attached hydrogens (tertiary/aromatic N) is 1. The number of aromatic hydroxyl groups is 1. The third-order valence-corrected chi connectivity index (χ3v) is 5.00. The van der Waals surface area contributed by atoms with Gasteiger partial charge >= 0.3 is 5.97 Å². The summed E-state index contributed by atoms with van der Waals surface area (Å²) >= 11 is 1.62. The van der Waals surface area contributed by atoms with Gasteiger partial charge < -0.3 is 9.84 Å². The predicted octanol–water partition coefficient (Wildman–Crippen LogP) is 4.28. The van der Waals surface area contributed by atoms with Crippen molar-refractivity contribution >= 4 is 27.5 Å². The molecule has 1 aromatic heterocycles. The van der Waals surface area contributed by atoms with E-state index in [0.717, 1.165) is 20.8 Å². The quantitative estimate of drug-likeness (QED) is 0.680. The molecular formula is C19H19NO3S. The molecule has 0 aliphatic carbocycles. The van der Waals surface area contributed by atoms with Crippen LogP contribution in [0.1, 0.15) is 29.8 Å². The van der Waals surface area contributed by atoms with Gasteiger partial charge in [-0.15, -0.1) is 11.3 Å². The van der Waals surface area contributed by atoms with Crippen LogP contribution in [-0.4, -0.2) is 22.7 Å². The summed E-state index contributed by atoms with van der Waals surface area (Å²) in [7, 11) is 0. The molecule has 1 unspecified atom stereocenters. The van der Waals surface area contributed by atoms with Crippen LogP contribution in [0.4, 0.5) is 0 Å². The molecule has 0 bridgehead atoms. The Kier molecular flexibility index (Phi) is 5.11. The fourth-order valence-electron chi connectivity index (χ4n) is 2.65. The van der Waals surface area contributed by atoms with Crippen LogP contribution >= 0.6 is 11.3 Å². The van der Waals surface area contributed by atoms with E-state index in [1.54, 1.807) is 23.5 Å². The number of hydrogen-bond donors (Lipinski definition) is 1. The third kappa shape index (κ3) is 3.92. The molecule has 2 aromatic carbocycles. The highest BCUT2D eigenvalue weighted by Crippen LogP contribution is 2.32. The highest BCUT2D eigenvalue weighted by molar-refractivity contribution is 7.18. The van der Waals surface area contributed by atoms with Crippen molar-refractivity contribution < 1.29 is 14.6 Å². The minimum Gasteiger partial charge on any atom is -0.508 e. The number of esters is 1. The van der Waals surface area contributed by atoms with Crippen molar-refractivity contribution in [3.8, 4) is 5.75 Å². The molecule has 0 saturated carbocycles. The van der Waals surface area contributed by atoms with Gasteiger partial charge in [0.1, 0.15) is 5.75 Å². The molecule has 1 heterocycles.